The number of anilines is 1. The summed E-state index contributed by atoms with van der Waals surface area (Å²) >= 11 is 1.35. The molecular formula is C21H19FN4O2S. The van der Waals surface area contributed by atoms with Crippen LogP contribution in [-0.2, 0) is 11.3 Å². The van der Waals surface area contributed by atoms with E-state index in [2.05, 4.69) is 19.9 Å². The Morgan fingerprint density at radius 3 is 2.72 bits per heavy atom. The molecule has 0 atom stereocenters. The van der Waals surface area contributed by atoms with Gasteiger partial charge in [0.2, 0.25) is 5.91 Å². The monoisotopic (exact) mass is 410 g/mol. The van der Waals surface area contributed by atoms with Crippen LogP contribution in [0.25, 0.3) is 11.0 Å². The number of thioether (sulfide) groups is 1. The van der Waals surface area contributed by atoms with Gasteiger partial charge in [-0.05, 0) is 55.8 Å². The number of furan rings is 1. The van der Waals surface area contributed by atoms with E-state index in [-0.39, 0.29) is 17.5 Å². The molecule has 4 aromatic rings. The molecule has 6 nitrogen and oxygen atoms in total. The highest BCUT2D eigenvalue weighted by molar-refractivity contribution is 8.00. The fourth-order valence-corrected chi connectivity index (χ4v) is 4.01. The van der Waals surface area contributed by atoms with Gasteiger partial charge in [-0.3, -0.25) is 4.79 Å². The van der Waals surface area contributed by atoms with Gasteiger partial charge in [-0.1, -0.05) is 11.8 Å². The lowest BCUT2D eigenvalue weighted by molar-refractivity contribution is -0.113. The molecule has 29 heavy (non-hydrogen) atoms. The number of aryl methyl sites for hydroxylation is 1. The number of halogens is 1. The van der Waals surface area contributed by atoms with E-state index in [1.54, 1.807) is 6.26 Å². The molecule has 4 rings (SSSR count). The number of amides is 1. The molecule has 0 spiro atoms. The number of carbonyl (C=O) groups is 1. The molecule has 0 fully saturated rings. The Bertz CT molecular complexity index is 1150. The summed E-state index contributed by atoms with van der Waals surface area (Å²) in [5.74, 6) is 0.505. The number of fused-ring (bicyclic) bond motifs is 1. The van der Waals surface area contributed by atoms with Crippen molar-refractivity contribution in [3.05, 3.63) is 71.8 Å². The summed E-state index contributed by atoms with van der Waals surface area (Å²) in [6.07, 6.45) is 3.17. The minimum atomic E-state index is -0.342. The summed E-state index contributed by atoms with van der Waals surface area (Å²) in [5, 5.41) is 4.45. The van der Waals surface area contributed by atoms with Crippen LogP contribution in [0.3, 0.4) is 0 Å². The minimum Gasteiger partial charge on any atom is -0.467 e. The molecular weight excluding hydrogens is 391 g/mol. The summed E-state index contributed by atoms with van der Waals surface area (Å²) in [6, 6.07) is 9.47. The Morgan fingerprint density at radius 2 is 2.00 bits per heavy atom. The van der Waals surface area contributed by atoms with Crippen molar-refractivity contribution in [2.24, 2.45) is 0 Å². The van der Waals surface area contributed by atoms with E-state index in [0.717, 1.165) is 33.1 Å². The largest absolute Gasteiger partial charge is 0.467 e. The van der Waals surface area contributed by atoms with Gasteiger partial charge in [-0.25, -0.2) is 14.4 Å². The first-order valence-electron chi connectivity index (χ1n) is 9.04. The van der Waals surface area contributed by atoms with Gasteiger partial charge in [-0.15, -0.1) is 0 Å². The molecule has 3 aromatic heterocycles. The van der Waals surface area contributed by atoms with Crippen molar-refractivity contribution in [3.63, 3.8) is 0 Å². The van der Waals surface area contributed by atoms with E-state index in [1.165, 1.54) is 42.4 Å². The van der Waals surface area contributed by atoms with Gasteiger partial charge in [0.25, 0.3) is 0 Å². The van der Waals surface area contributed by atoms with Crippen LogP contribution in [0.1, 0.15) is 17.0 Å². The number of nitrogens with one attached hydrogen (secondary N) is 1. The molecule has 0 aliphatic carbocycles. The highest BCUT2D eigenvalue weighted by Gasteiger charge is 2.18. The number of benzene rings is 1. The maximum Gasteiger partial charge on any atom is 0.234 e. The summed E-state index contributed by atoms with van der Waals surface area (Å²) in [4.78, 5) is 21.2. The highest BCUT2D eigenvalue weighted by Crippen LogP contribution is 2.31. The van der Waals surface area contributed by atoms with E-state index in [9.17, 15) is 9.18 Å². The van der Waals surface area contributed by atoms with Crippen molar-refractivity contribution in [2.75, 3.05) is 11.1 Å². The van der Waals surface area contributed by atoms with Crippen LogP contribution in [-0.4, -0.2) is 26.2 Å². The molecule has 0 saturated carbocycles. The Kier molecular flexibility index (Phi) is 5.35. The van der Waals surface area contributed by atoms with Crippen molar-refractivity contribution in [1.29, 1.82) is 0 Å². The van der Waals surface area contributed by atoms with Gasteiger partial charge < -0.3 is 14.3 Å². The van der Waals surface area contributed by atoms with Gasteiger partial charge in [0.1, 0.15) is 28.6 Å². The van der Waals surface area contributed by atoms with Crippen LogP contribution >= 0.6 is 11.8 Å². The highest BCUT2D eigenvalue weighted by atomic mass is 32.2. The fraction of sp³-hybridized carbons (Fsp3) is 0.190. The molecule has 0 unspecified atom stereocenters. The van der Waals surface area contributed by atoms with Crippen LogP contribution < -0.4 is 5.32 Å². The Hall–Kier alpha value is -3.13. The van der Waals surface area contributed by atoms with Crippen molar-refractivity contribution >= 4 is 34.4 Å². The topological polar surface area (TPSA) is 73.0 Å². The molecule has 1 amide bonds. The summed E-state index contributed by atoms with van der Waals surface area (Å²) in [5.41, 5.74) is 3.53. The van der Waals surface area contributed by atoms with Gasteiger partial charge in [0.05, 0.1) is 23.9 Å². The number of aromatic nitrogens is 3. The Morgan fingerprint density at radius 1 is 1.21 bits per heavy atom. The van der Waals surface area contributed by atoms with Gasteiger partial charge in [0, 0.05) is 11.4 Å². The number of hydrogen-bond donors (Lipinski definition) is 1. The van der Waals surface area contributed by atoms with Gasteiger partial charge in [0.15, 0.2) is 0 Å². The minimum absolute atomic E-state index is 0.183. The average Bonchev–Trinajstić information content (AvgIpc) is 3.31. The molecule has 8 heteroatoms. The predicted molar refractivity (Wildman–Crippen MR) is 111 cm³/mol. The Balaban J connectivity index is 1.54. The quantitative estimate of drug-likeness (QED) is 0.373. The van der Waals surface area contributed by atoms with E-state index in [0.29, 0.717) is 12.2 Å². The van der Waals surface area contributed by atoms with Gasteiger partial charge >= 0.3 is 0 Å². The second kappa shape index (κ2) is 8.08. The first kappa shape index (κ1) is 19.2. The van der Waals surface area contributed by atoms with Crippen LogP contribution in [0.5, 0.6) is 0 Å². The number of rotatable bonds is 6. The zero-order chi connectivity index (χ0) is 20.4. The van der Waals surface area contributed by atoms with Crippen molar-refractivity contribution in [3.8, 4) is 0 Å². The summed E-state index contributed by atoms with van der Waals surface area (Å²) in [6.45, 7) is 4.65. The summed E-state index contributed by atoms with van der Waals surface area (Å²) in [7, 11) is 0. The molecule has 3 heterocycles. The number of nitrogens with zero attached hydrogens (tertiary/aromatic N) is 3. The molecule has 0 saturated heterocycles. The lowest BCUT2D eigenvalue weighted by atomic mass is 10.2. The normalized spacial score (nSPS) is 11.1. The SMILES string of the molecule is Cc1c(C)n(Cc2ccco2)c2ncnc(SCC(=O)Nc3ccc(F)cc3)c12. The number of carbonyl (C=O) groups excluding carboxylic acids is 1. The van der Waals surface area contributed by atoms with E-state index < -0.39 is 0 Å². The predicted octanol–water partition coefficient (Wildman–Crippen LogP) is 4.56. The molecule has 148 valence electrons. The second-order valence-electron chi connectivity index (χ2n) is 6.60. The molecule has 0 radical (unpaired) electrons. The zero-order valence-electron chi connectivity index (χ0n) is 16.0. The van der Waals surface area contributed by atoms with E-state index in [4.69, 9.17) is 4.42 Å². The second-order valence-corrected chi connectivity index (χ2v) is 7.56. The molecule has 0 aliphatic rings. The maximum atomic E-state index is 13.0. The third-order valence-electron chi connectivity index (χ3n) is 4.73. The third-order valence-corrected chi connectivity index (χ3v) is 5.72. The third kappa shape index (κ3) is 4.02. The zero-order valence-corrected chi connectivity index (χ0v) is 16.8. The first-order valence-corrected chi connectivity index (χ1v) is 10.0. The first-order chi connectivity index (χ1) is 14.0. The standard InChI is InChI=1S/C21H19FN4O2S/c1-13-14(2)26(10-17-4-3-9-28-17)20-19(13)21(24-12-23-20)29-11-18(27)25-16-7-5-15(22)6-8-16/h3-9,12H,10-11H2,1-2H3,(H,25,27). The number of hydrogen-bond acceptors (Lipinski definition) is 5. The molecule has 1 aromatic carbocycles. The van der Waals surface area contributed by atoms with Crippen molar-refractivity contribution in [1.82, 2.24) is 14.5 Å². The van der Waals surface area contributed by atoms with Crippen LogP contribution in [0.4, 0.5) is 10.1 Å². The van der Waals surface area contributed by atoms with Crippen LogP contribution in [0.2, 0.25) is 0 Å². The lowest BCUT2D eigenvalue weighted by Gasteiger charge is -2.07. The average molecular weight is 410 g/mol. The van der Waals surface area contributed by atoms with Crippen LogP contribution in [0.15, 0.2) is 58.4 Å². The molecule has 1 N–H and O–H groups in total. The van der Waals surface area contributed by atoms with Crippen molar-refractivity contribution in [2.45, 2.75) is 25.4 Å². The lowest BCUT2D eigenvalue weighted by Crippen LogP contribution is -2.14. The van der Waals surface area contributed by atoms with Gasteiger partial charge in [-0.2, -0.15) is 0 Å². The van der Waals surface area contributed by atoms with E-state index in [1.807, 2.05) is 26.0 Å². The Labute approximate surface area is 171 Å². The smallest absolute Gasteiger partial charge is 0.234 e. The maximum absolute atomic E-state index is 13.0. The van der Waals surface area contributed by atoms with Crippen LogP contribution in [0, 0.1) is 19.7 Å². The summed E-state index contributed by atoms with van der Waals surface area (Å²) < 4.78 is 20.6. The molecule has 0 aliphatic heterocycles. The molecule has 0 bridgehead atoms. The van der Waals surface area contributed by atoms with Crippen molar-refractivity contribution < 1.29 is 13.6 Å². The van der Waals surface area contributed by atoms with E-state index >= 15 is 0 Å². The fourth-order valence-electron chi connectivity index (χ4n) is 3.16.